The van der Waals surface area contributed by atoms with Crippen LogP contribution in [0.25, 0.3) is 0 Å². The van der Waals surface area contributed by atoms with Crippen molar-refractivity contribution in [2.75, 3.05) is 20.7 Å². The van der Waals surface area contributed by atoms with Gasteiger partial charge in [0.05, 0.1) is 53.7 Å². The minimum atomic E-state index is -1.94. The fraction of sp³-hybridized carbons (Fsp3) is 0.975. The molecule has 0 aromatic heterocycles. The van der Waals surface area contributed by atoms with Crippen molar-refractivity contribution in [3.8, 4) is 0 Å². The van der Waals surface area contributed by atoms with Gasteiger partial charge in [0, 0.05) is 38.0 Å². The molecule has 3 aliphatic rings. The summed E-state index contributed by atoms with van der Waals surface area (Å²) in [5, 5.41) is 69.9. The second-order valence-corrected chi connectivity index (χ2v) is 18.1. The molecule has 0 amide bonds. The van der Waals surface area contributed by atoms with Gasteiger partial charge in [0.15, 0.2) is 12.6 Å². The van der Waals surface area contributed by atoms with E-state index in [2.05, 4.69) is 18.7 Å². The summed E-state index contributed by atoms with van der Waals surface area (Å²) >= 11 is 0. The maximum atomic E-state index is 14.2. The van der Waals surface area contributed by atoms with Gasteiger partial charge in [-0.1, -0.05) is 41.5 Å². The molecule has 3 saturated heterocycles. The number of hydrogen-bond donors (Lipinski definition) is 6. The van der Waals surface area contributed by atoms with E-state index >= 15 is 0 Å². The molecule has 0 spiro atoms. The molecule has 14 heteroatoms. The zero-order valence-corrected chi connectivity index (χ0v) is 35.3. The largest absolute Gasteiger partial charge is 0.459 e. The number of likely N-dealkylation sites (N-methyl/N-ethyl adjacent to an activating group) is 1. The first kappa shape index (κ1) is 47.4. The van der Waals surface area contributed by atoms with Crippen LogP contribution in [0.4, 0.5) is 0 Å². The molecule has 6 N–H and O–H groups in total. The molecule has 0 radical (unpaired) electrons. The second kappa shape index (κ2) is 18.7. The summed E-state index contributed by atoms with van der Waals surface area (Å²) in [5.41, 5.74) is -4.72. The fourth-order valence-electron chi connectivity index (χ4n) is 9.22. The highest BCUT2D eigenvalue weighted by Crippen LogP contribution is 2.41. The van der Waals surface area contributed by atoms with Crippen molar-refractivity contribution in [3.05, 3.63) is 0 Å². The average molecular weight is 778 g/mol. The summed E-state index contributed by atoms with van der Waals surface area (Å²) in [7, 11) is 3.45. The van der Waals surface area contributed by atoms with Crippen LogP contribution >= 0.6 is 0 Å². The summed E-state index contributed by atoms with van der Waals surface area (Å²) in [6.45, 7) is 21.7. The molecule has 0 aromatic carbocycles. The monoisotopic (exact) mass is 778 g/mol. The third-order valence-corrected chi connectivity index (χ3v) is 12.6. The number of hydrogen-bond acceptors (Lipinski definition) is 14. The van der Waals surface area contributed by atoms with Crippen molar-refractivity contribution in [2.24, 2.45) is 29.6 Å². The Balaban J connectivity index is 2.18. The van der Waals surface area contributed by atoms with Crippen LogP contribution in [0.3, 0.4) is 0 Å². The first-order valence-electron chi connectivity index (χ1n) is 20.1. The van der Waals surface area contributed by atoms with Gasteiger partial charge in [-0.3, -0.25) is 4.79 Å². The maximum Gasteiger partial charge on any atom is 0.311 e. The van der Waals surface area contributed by atoms with Crippen LogP contribution in [-0.4, -0.2) is 153 Å². The van der Waals surface area contributed by atoms with Crippen molar-refractivity contribution in [3.63, 3.8) is 0 Å². The van der Waals surface area contributed by atoms with Crippen molar-refractivity contribution in [1.82, 2.24) is 4.90 Å². The standard InChI is InChI=1S/C40H75NO13/c1-15-28-40(12,48)33(44)23(6)30(42)21(4)17-38(10,47)35(54-37-31(43)27(16-22(5)50-37)41(13)19-20(2)3)24(7)32(25(8)36(46)52-28)53-29-18-39(11,49-14)34(45)26(9)51-29/h20-35,37,42-45,47-48H,15-19H2,1-14H3/t21-,22-,23+,24+,25-,26+,27+,28-,29+,30+,31-,32+,33-,34+,35-,37+,38-,39-,40-/m1/s1. The molecule has 0 aromatic rings. The number of ether oxygens (including phenoxy) is 6. The van der Waals surface area contributed by atoms with E-state index in [0.29, 0.717) is 12.3 Å². The molecular weight excluding hydrogens is 702 g/mol. The van der Waals surface area contributed by atoms with E-state index in [1.54, 1.807) is 55.4 Å². The van der Waals surface area contributed by atoms with E-state index in [9.17, 15) is 35.4 Å². The molecule has 0 bridgehead atoms. The van der Waals surface area contributed by atoms with Gasteiger partial charge in [0.2, 0.25) is 0 Å². The zero-order chi connectivity index (χ0) is 41.2. The van der Waals surface area contributed by atoms with Gasteiger partial charge in [-0.05, 0) is 79.7 Å². The topological polar surface area (TPSA) is 197 Å². The van der Waals surface area contributed by atoms with Crippen molar-refractivity contribution in [1.29, 1.82) is 0 Å². The van der Waals surface area contributed by atoms with E-state index in [0.717, 1.165) is 6.54 Å². The number of aliphatic hydroxyl groups excluding tert-OH is 4. The van der Waals surface area contributed by atoms with E-state index in [-0.39, 0.29) is 31.4 Å². The van der Waals surface area contributed by atoms with E-state index < -0.39 is 108 Å². The lowest BCUT2D eigenvalue weighted by atomic mass is 9.73. The minimum absolute atomic E-state index is 0.0366. The molecule has 0 aliphatic carbocycles. The van der Waals surface area contributed by atoms with Gasteiger partial charge in [0.1, 0.15) is 23.9 Å². The number of nitrogens with zero attached hydrogens (tertiary/aromatic N) is 1. The number of cyclic esters (lactones) is 1. The predicted molar refractivity (Wildman–Crippen MR) is 201 cm³/mol. The quantitative estimate of drug-likeness (QED) is 0.187. The van der Waals surface area contributed by atoms with Gasteiger partial charge in [-0.25, -0.2) is 0 Å². The SMILES string of the molecule is CC[C@H]1OC(=O)[C@H](C)[C@@H](O[C@H]2C[C@@](C)(OC)[C@@H](O)[C@H](C)O2)[C@H](C)[C@@H](O[C@@H]2O[C@H](C)C[C@H](N(C)CC(C)C)[C@H]2O)[C@](C)(O)C[C@@H](C)[C@H](O)[C@H](C)[C@@H](O)[C@]1(C)O. The van der Waals surface area contributed by atoms with Crippen LogP contribution in [0, 0.1) is 29.6 Å². The third-order valence-electron chi connectivity index (χ3n) is 12.6. The smallest absolute Gasteiger partial charge is 0.311 e. The Morgan fingerprint density at radius 2 is 1.50 bits per heavy atom. The summed E-state index contributed by atoms with van der Waals surface area (Å²) < 4.78 is 37.5. The van der Waals surface area contributed by atoms with Gasteiger partial charge >= 0.3 is 5.97 Å². The lowest BCUT2D eigenvalue weighted by Crippen LogP contribution is -2.61. The highest BCUT2D eigenvalue weighted by molar-refractivity contribution is 5.73. The summed E-state index contributed by atoms with van der Waals surface area (Å²) in [5.74, 6) is -3.78. The number of methoxy groups -OCH3 is 1. The van der Waals surface area contributed by atoms with Crippen LogP contribution in [0.1, 0.15) is 109 Å². The maximum absolute atomic E-state index is 14.2. The molecular formula is C40H75NO13. The van der Waals surface area contributed by atoms with Crippen LogP contribution in [0.15, 0.2) is 0 Å². The lowest BCUT2D eigenvalue weighted by Gasteiger charge is -2.49. The molecule has 0 saturated carbocycles. The van der Waals surface area contributed by atoms with E-state index in [1.165, 1.54) is 14.0 Å². The van der Waals surface area contributed by atoms with Crippen LogP contribution < -0.4 is 0 Å². The van der Waals surface area contributed by atoms with Gasteiger partial charge in [-0.15, -0.1) is 0 Å². The Labute approximate surface area is 323 Å². The summed E-state index contributed by atoms with van der Waals surface area (Å²) in [6, 6.07) is -0.307. The first-order valence-corrected chi connectivity index (χ1v) is 20.1. The molecule has 3 fully saturated rings. The van der Waals surface area contributed by atoms with Gasteiger partial charge < -0.3 is 64.0 Å². The Bertz CT molecular complexity index is 1190. The molecule has 54 heavy (non-hydrogen) atoms. The van der Waals surface area contributed by atoms with Gasteiger partial charge in [-0.2, -0.15) is 0 Å². The molecule has 19 atom stereocenters. The molecule has 0 unspecified atom stereocenters. The molecule has 3 aliphatic heterocycles. The average Bonchev–Trinajstić information content (AvgIpc) is 3.08. The van der Waals surface area contributed by atoms with E-state index in [1.807, 2.05) is 14.0 Å². The Morgan fingerprint density at radius 1 is 0.889 bits per heavy atom. The van der Waals surface area contributed by atoms with Gasteiger partial charge in [0.25, 0.3) is 0 Å². The lowest BCUT2D eigenvalue weighted by molar-refractivity contribution is -0.319. The Morgan fingerprint density at radius 3 is 2.06 bits per heavy atom. The number of aliphatic hydroxyl groups is 6. The summed E-state index contributed by atoms with van der Waals surface area (Å²) in [4.78, 5) is 16.3. The molecule has 3 heterocycles. The van der Waals surface area contributed by atoms with Crippen molar-refractivity contribution >= 4 is 5.97 Å². The minimum Gasteiger partial charge on any atom is -0.459 e. The highest BCUT2D eigenvalue weighted by atomic mass is 16.7. The van der Waals surface area contributed by atoms with Crippen LogP contribution in [0.5, 0.6) is 0 Å². The number of rotatable bonds is 9. The van der Waals surface area contributed by atoms with Crippen LogP contribution in [0.2, 0.25) is 0 Å². The van der Waals surface area contributed by atoms with Crippen molar-refractivity contribution < 1.29 is 63.9 Å². The van der Waals surface area contributed by atoms with Crippen LogP contribution in [-0.2, 0) is 33.2 Å². The third kappa shape index (κ3) is 10.5. The molecule has 318 valence electrons. The predicted octanol–water partition coefficient (Wildman–Crippen LogP) is 2.60. The zero-order valence-electron chi connectivity index (χ0n) is 35.3. The van der Waals surface area contributed by atoms with E-state index in [4.69, 9.17) is 28.4 Å². The normalized spacial score (nSPS) is 49.1. The Kier molecular flexibility index (Phi) is 16.4. The molecule has 3 rings (SSSR count). The number of esters is 1. The number of carbonyl (C=O) groups is 1. The first-order chi connectivity index (χ1) is 24.8. The second-order valence-electron chi connectivity index (χ2n) is 18.1. The number of carbonyl (C=O) groups excluding carboxylic acids is 1. The summed E-state index contributed by atoms with van der Waals surface area (Å²) in [6.07, 6.45) is -10.5. The highest BCUT2D eigenvalue weighted by Gasteiger charge is 2.53. The molecule has 14 nitrogen and oxygen atoms in total. The fourth-order valence-corrected chi connectivity index (χ4v) is 9.22. The van der Waals surface area contributed by atoms with Crippen molar-refractivity contribution in [2.45, 2.75) is 199 Å². The Hall–Kier alpha value is -1.01.